The van der Waals surface area contributed by atoms with E-state index in [1.807, 2.05) is 13.8 Å². The van der Waals surface area contributed by atoms with Gasteiger partial charge in [-0.05, 0) is 56.7 Å². The first kappa shape index (κ1) is 25.5. The molecule has 1 amide bonds. The Morgan fingerprint density at radius 3 is 2.61 bits per heavy atom. The minimum Gasteiger partial charge on any atom is -0.382 e. The number of benzene rings is 1. The average molecular weight is 512 g/mol. The van der Waals surface area contributed by atoms with Crippen molar-refractivity contribution in [2.75, 3.05) is 6.54 Å². The summed E-state index contributed by atoms with van der Waals surface area (Å²) in [4.78, 5) is 17.5. The average Bonchev–Trinajstić information content (AvgIpc) is 3.48. The van der Waals surface area contributed by atoms with Crippen LogP contribution in [0.25, 0.3) is 17.1 Å². The number of aliphatic hydroxyl groups is 1. The molecule has 3 aromatic heterocycles. The number of amides is 1. The topological polar surface area (TPSA) is 124 Å². The Bertz CT molecular complexity index is 1410. The first-order valence-electron chi connectivity index (χ1n) is 11.2. The number of aryl methyl sites for hydroxylation is 1. The maximum Gasteiger partial charge on any atom is 0.269 e. The fraction of sp³-hybridized carbons (Fsp3) is 0.280. The highest BCUT2D eigenvalue weighted by Crippen LogP contribution is 2.30. The standard InChI is InChI=1S/C25H27ClFN7O2/c1-24(2,28)16-11-19(15-6-7-17(26)18(27)10-15)31-21(12-16)25(3,36)14-29-23(35)20-13-22(32-33(20)4)34-9-5-8-30-34/h5-13,36H,14,28H2,1-4H3,(H,29,35). The van der Waals surface area contributed by atoms with E-state index >= 15 is 0 Å². The summed E-state index contributed by atoms with van der Waals surface area (Å²) in [6.45, 7) is 5.01. The van der Waals surface area contributed by atoms with Crippen molar-refractivity contribution >= 4 is 17.5 Å². The summed E-state index contributed by atoms with van der Waals surface area (Å²) in [6, 6.07) is 11.1. The molecule has 0 saturated heterocycles. The SMILES string of the molecule is Cn1nc(-n2cccn2)cc1C(=O)NCC(C)(O)c1cc(C(C)(C)N)cc(-c2ccc(Cl)c(F)c2)n1. The second kappa shape index (κ2) is 9.45. The number of rotatable bonds is 7. The number of halogens is 2. The Morgan fingerprint density at radius 1 is 1.22 bits per heavy atom. The number of pyridine rings is 1. The van der Waals surface area contributed by atoms with E-state index < -0.39 is 22.9 Å². The molecule has 0 saturated carbocycles. The van der Waals surface area contributed by atoms with E-state index in [9.17, 15) is 14.3 Å². The van der Waals surface area contributed by atoms with Gasteiger partial charge in [0.15, 0.2) is 5.82 Å². The molecule has 0 aliphatic carbocycles. The lowest BCUT2D eigenvalue weighted by Crippen LogP contribution is -2.40. The first-order valence-corrected chi connectivity index (χ1v) is 11.5. The van der Waals surface area contributed by atoms with Crippen LogP contribution in [-0.4, -0.2) is 42.1 Å². The molecular weight excluding hydrogens is 485 g/mol. The van der Waals surface area contributed by atoms with Gasteiger partial charge in [-0.3, -0.25) is 9.48 Å². The van der Waals surface area contributed by atoms with Crippen LogP contribution >= 0.6 is 11.6 Å². The van der Waals surface area contributed by atoms with E-state index in [-0.39, 0.29) is 17.3 Å². The molecule has 11 heteroatoms. The third-order valence-electron chi connectivity index (χ3n) is 5.77. The predicted molar refractivity (Wildman–Crippen MR) is 134 cm³/mol. The predicted octanol–water partition coefficient (Wildman–Crippen LogP) is 3.29. The van der Waals surface area contributed by atoms with Gasteiger partial charge in [0.1, 0.15) is 17.1 Å². The fourth-order valence-corrected chi connectivity index (χ4v) is 3.71. The number of nitrogens with two attached hydrogens (primary N) is 1. The van der Waals surface area contributed by atoms with Crippen LogP contribution < -0.4 is 11.1 Å². The van der Waals surface area contributed by atoms with Crippen molar-refractivity contribution in [3.63, 3.8) is 0 Å². The van der Waals surface area contributed by atoms with Gasteiger partial charge >= 0.3 is 0 Å². The van der Waals surface area contributed by atoms with Crippen molar-refractivity contribution in [3.05, 3.63) is 82.6 Å². The van der Waals surface area contributed by atoms with Crippen LogP contribution in [0.3, 0.4) is 0 Å². The van der Waals surface area contributed by atoms with Crippen LogP contribution in [0.1, 0.15) is 42.5 Å². The lowest BCUT2D eigenvalue weighted by molar-refractivity contribution is 0.0486. The van der Waals surface area contributed by atoms with Crippen molar-refractivity contribution in [3.8, 4) is 17.1 Å². The van der Waals surface area contributed by atoms with Crippen molar-refractivity contribution in [2.45, 2.75) is 31.9 Å². The largest absolute Gasteiger partial charge is 0.382 e. The molecule has 0 fully saturated rings. The Morgan fingerprint density at radius 2 is 1.97 bits per heavy atom. The Labute approximate surface area is 212 Å². The van der Waals surface area contributed by atoms with Crippen molar-refractivity contribution in [1.29, 1.82) is 0 Å². The van der Waals surface area contributed by atoms with Gasteiger partial charge in [0, 0.05) is 36.6 Å². The van der Waals surface area contributed by atoms with Gasteiger partial charge in [0.2, 0.25) is 0 Å². The molecule has 4 aromatic rings. The highest BCUT2D eigenvalue weighted by atomic mass is 35.5. The Balaban J connectivity index is 1.61. The molecule has 1 aromatic carbocycles. The van der Waals surface area contributed by atoms with Gasteiger partial charge in [-0.25, -0.2) is 14.1 Å². The van der Waals surface area contributed by atoms with Crippen LogP contribution in [0.2, 0.25) is 5.02 Å². The summed E-state index contributed by atoms with van der Waals surface area (Å²) in [6.07, 6.45) is 3.33. The summed E-state index contributed by atoms with van der Waals surface area (Å²) in [5.74, 6) is -0.530. The van der Waals surface area contributed by atoms with Gasteiger partial charge in [-0.15, -0.1) is 0 Å². The van der Waals surface area contributed by atoms with Crippen LogP contribution in [0.15, 0.2) is 54.9 Å². The molecule has 188 valence electrons. The molecule has 1 atom stereocenters. The lowest BCUT2D eigenvalue weighted by atomic mass is 9.90. The first-order chi connectivity index (χ1) is 16.8. The lowest BCUT2D eigenvalue weighted by Gasteiger charge is -2.27. The number of hydrogen-bond donors (Lipinski definition) is 3. The molecule has 1 unspecified atom stereocenters. The molecule has 3 heterocycles. The number of aromatic nitrogens is 5. The van der Waals surface area contributed by atoms with E-state index in [0.717, 1.165) is 0 Å². The Kier molecular flexibility index (Phi) is 6.70. The molecule has 0 aliphatic heterocycles. The van der Waals surface area contributed by atoms with Gasteiger partial charge < -0.3 is 16.2 Å². The minimum atomic E-state index is -1.57. The highest BCUT2D eigenvalue weighted by molar-refractivity contribution is 6.30. The fourth-order valence-electron chi connectivity index (χ4n) is 3.60. The van der Waals surface area contributed by atoms with E-state index in [1.54, 1.807) is 49.8 Å². The maximum absolute atomic E-state index is 14.1. The summed E-state index contributed by atoms with van der Waals surface area (Å²) < 4.78 is 17.1. The van der Waals surface area contributed by atoms with E-state index in [2.05, 4.69) is 20.5 Å². The highest BCUT2D eigenvalue weighted by Gasteiger charge is 2.29. The quantitative estimate of drug-likeness (QED) is 0.350. The molecule has 9 nitrogen and oxygen atoms in total. The number of carbonyl (C=O) groups excluding carboxylic acids is 1. The number of hydrogen-bond acceptors (Lipinski definition) is 6. The van der Waals surface area contributed by atoms with Crippen LogP contribution in [-0.2, 0) is 18.2 Å². The molecule has 4 N–H and O–H groups in total. The normalized spacial score (nSPS) is 13.4. The molecule has 36 heavy (non-hydrogen) atoms. The molecule has 0 aliphatic rings. The summed E-state index contributed by atoms with van der Waals surface area (Å²) >= 11 is 5.83. The van der Waals surface area contributed by atoms with Crippen molar-refractivity contribution in [2.24, 2.45) is 12.8 Å². The molecular formula is C25H27ClFN7O2. The van der Waals surface area contributed by atoms with Gasteiger partial charge in [0.05, 0.1) is 23.0 Å². The molecule has 0 spiro atoms. The van der Waals surface area contributed by atoms with Crippen molar-refractivity contribution < 1.29 is 14.3 Å². The third-order valence-corrected chi connectivity index (χ3v) is 6.07. The van der Waals surface area contributed by atoms with Crippen LogP contribution in [0.5, 0.6) is 0 Å². The maximum atomic E-state index is 14.1. The van der Waals surface area contributed by atoms with E-state index in [0.29, 0.717) is 28.3 Å². The molecule has 0 radical (unpaired) electrons. The third kappa shape index (κ3) is 5.30. The van der Waals surface area contributed by atoms with Crippen LogP contribution in [0.4, 0.5) is 4.39 Å². The second-order valence-corrected chi connectivity index (χ2v) is 9.80. The zero-order valence-corrected chi connectivity index (χ0v) is 21.1. The van der Waals surface area contributed by atoms with Gasteiger partial charge in [-0.2, -0.15) is 10.2 Å². The van der Waals surface area contributed by atoms with E-state index in [4.69, 9.17) is 17.3 Å². The van der Waals surface area contributed by atoms with Crippen LogP contribution in [0, 0.1) is 5.82 Å². The summed E-state index contributed by atoms with van der Waals surface area (Å²) in [5.41, 5.74) is 6.13. The summed E-state index contributed by atoms with van der Waals surface area (Å²) in [7, 11) is 1.64. The molecule has 4 rings (SSSR count). The molecule has 0 bridgehead atoms. The van der Waals surface area contributed by atoms with Crippen molar-refractivity contribution in [1.82, 2.24) is 29.9 Å². The number of carbonyl (C=O) groups is 1. The van der Waals surface area contributed by atoms with E-state index in [1.165, 1.54) is 28.4 Å². The van der Waals surface area contributed by atoms with Gasteiger partial charge in [0.25, 0.3) is 5.91 Å². The smallest absolute Gasteiger partial charge is 0.269 e. The second-order valence-electron chi connectivity index (χ2n) is 9.40. The minimum absolute atomic E-state index is 0.00475. The number of nitrogens with zero attached hydrogens (tertiary/aromatic N) is 5. The van der Waals surface area contributed by atoms with Gasteiger partial charge in [-0.1, -0.05) is 17.7 Å². The monoisotopic (exact) mass is 511 g/mol. The number of nitrogens with one attached hydrogen (secondary N) is 1. The zero-order chi connectivity index (χ0) is 26.3. The zero-order valence-electron chi connectivity index (χ0n) is 20.3. The Hall–Kier alpha value is -3.60. The summed E-state index contributed by atoms with van der Waals surface area (Å²) in [5, 5.41) is 22.5.